The molecular weight excluding hydrogens is 148 g/mol. The lowest BCUT2D eigenvalue weighted by Gasteiger charge is -2.08. The molecule has 0 bridgehead atoms. The number of nitrogens with one attached hydrogen (secondary N) is 2. The van der Waals surface area contributed by atoms with Gasteiger partial charge < -0.3 is 10.6 Å². The molecule has 0 aliphatic rings. The van der Waals surface area contributed by atoms with Crippen LogP contribution in [0.2, 0.25) is 0 Å². The van der Waals surface area contributed by atoms with Gasteiger partial charge in [-0.05, 0) is 19.0 Å². The Labute approximate surface area is 75.7 Å². The maximum atomic E-state index is 3.66. The Morgan fingerprint density at radius 3 is 2.58 bits per heavy atom. The molecule has 0 amide bonds. The molecule has 0 fully saturated rings. The first-order chi connectivity index (χ1) is 5.85. The van der Waals surface area contributed by atoms with Crippen LogP contribution in [-0.2, 0) is 0 Å². The Kier molecular flexibility index (Phi) is 7.81. The van der Waals surface area contributed by atoms with E-state index >= 15 is 0 Å². The number of hydrogen-bond donors (Lipinski definition) is 2. The topological polar surface area (TPSA) is 24.1 Å². The second-order valence-corrected chi connectivity index (χ2v) is 2.56. The zero-order valence-electron chi connectivity index (χ0n) is 8.19. The molecule has 0 aliphatic heterocycles. The minimum atomic E-state index is 0.987. The highest BCUT2D eigenvalue weighted by molar-refractivity contribution is 5.07. The summed E-state index contributed by atoms with van der Waals surface area (Å²) in [6, 6.07) is 0. The third-order valence-corrected chi connectivity index (χ3v) is 1.60. The van der Waals surface area contributed by atoms with Gasteiger partial charge in [0.25, 0.3) is 0 Å². The van der Waals surface area contributed by atoms with E-state index in [4.69, 9.17) is 0 Å². The van der Waals surface area contributed by atoms with Crippen molar-refractivity contribution in [3.8, 4) is 0 Å². The molecule has 0 atom stereocenters. The van der Waals surface area contributed by atoms with Crippen LogP contribution < -0.4 is 10.6 Å². The summed E-state index contributed by atoms with van der Waals surface area (Å²) in [5.74, 6) is 0. The van der Waals surface area contributed by atoms with Crippen LogP contribution in [0.5, 0.6) is 0 Å². The number of allylic oxidation sites excluding steroid dienone is 3. The lowest BCUT2D eigenvalue weighted by Crippen LogP contribution is -2.26. The molecule has 2 N–H and O–H groups in total. The van der Waals surface area contributed by atoms with Crippen molar-refractivity contribution in [2.45, 2.75) is 20.3 Å². The van der Waals surface area contributed by atoms with Gasteiger partial charge in [0.15, 0.2) is 0 Å². The van der Waals surface area contributed by atoms with Crippen LogP contribution in [0.25, 0.3) is 0 Å². The molecule has 0 aromatic heterocycles. The van der Waals surface area contributed by atoms with Crippen molar-refractivity contribution in [2.24, 2.45) is 0 Å². The van der Waals surface area contributed by atoms with Crippen molar-refractivity contribution in [1.29, 1.82) is 0 Å². The van der Waals surface area contributed by atoms with Crippen molar-refractivity contribution in [1.82, 2.24) is 10.6 Å². The van der Waals surface area contributed by atoms with Crippen LogP contribution in [-0.4, -0.2) is 19.6 Å². The van der Waals surface area contributed by atoms with Crippen LogP contribution in [0.15, 0.2) is 24.4 Å². The smallest absolute Gasteiger partial charge is 0.0269 e. The first kappa shape index (κ1) is 11.2. The Hall–Kier alpha value is -0.760. The molecule has 0 aromatic rings. The molecule has 70 valence electrons. The molecule has 0 aliphatic carbocycles. The quantitative estimate of drug-likeness (QED) is 0.446. The van der Waals surface area contributed by atoms with E-state index < -0.39 is 0 Å². The monoisotopic (exact) mass is 168 g/mol. The Bertz CT molecular complexity index is 139. The highest BCUT2D eigenvalue weighted by Crippen LogP contribution is 1.93. The molecule has 0 rings (SSSR count). The van der Waals surface area contributed by atoms with Gasteiger partial charge in [-0.1, -0.05) is 26.5 Å². The lowest BCUT2D eigenvalue weighted by molar-refractivity contribution is 0.663. The zero-order chi connectivity index (χ0) is 9.23. The van der Waals surface area contributed by atoms with Crippen LogP contribution in [0, 0.1) is 0 Å². The molecular formula is C10H20N2. The van der Waals surface area contributed by atoms with Crippen molar-refractivity contribution in [3.05, 3.63) is 24.4 Å². The summed E-state index contributed by atoms with van der Waals surface area (Å²) >= 11 is 0. The number of rotatable bonds is 7. The molecule has 0 saturated carbocycles. The van der Waals surface area contributed by atoms with E-state index in [1.165, 1.54) is 5.70 Å². The van der Waals surface area contributed by atoms with E-state index in [1.807, 2.05) is 12.2 Å². The van der Waals surface area contributed by atoms with Gasteiger partial charge >= 0.3 is 0 Å². The van der Waals surface area contributed by atoms with Gasteiger partial charge in [0, 0.05) is 18.8 Å². The fourth-order valence-corrected chi connectivity index (χ4v) is 0.932. The average Bonchev–Trinajstić information content (AvgIpc) is 2.10. The normalized spacial score (nSPS) is 11.3. The number of likely N-dealkylation sites (N-methyl/N-ethyl adjacent to an activating group) is 1. The fourth-order valence-electron chi connectivity index (χ4n) is 0.932. The van der Waals surface area contributed by atoms with E-state index in [9.17, 15) is 0 Å². The van der Waals surface area contributed by atoms with Crippen molar-refractivity contribution in [2.75, 3.05) is 19.6 Å². The molecule has 0 heterocycles. The minimum Gasteiger partial charge on any atom is -0.387 e. The zero-order valence-corrected chi connectivity index (χ0v) is 8.19. The molecule has 0 unspecified atom stereocenters. The highest BCUT2D eigenvalue weighted by Gasteiger charge is 1.89. The van der Waals surface area contributed by atoms with Crippen LogP contribution >= 0.6 is 0 Å². The second-order valence-electron chi connectivity index (χ2n) is 2.56. The van der Waals surface area contributed by atoms with E-state index in [0.717, 1.165) is 26.1 Å². The molecule has 0 spiro atoms. The summed E-state index contributed by atoms with van der Waals surface area (Å²) in [6.45, 7) is 10.9. The lowest BCUT2D eigenvalue weighted by atomic mass is 10.3. The SMILES string of the molecule is C=C/C=C(\CC)NCCNCC. The molecule has 0 radical (unpaired) electrons. The van der Waals surface area contributed by atoms with Crippen LogP contribution in [0.3, 0.4) is 0 Å². The minimum absolute atomic E-state index is 0.987. The first-order valence-electron chi connectivity index (χ1n) is 4.61. The van der Waals surface area contributed by atoms with Gasteiger partial charge in [0.1, 0.15) is 0 Å². The fraction of sp³-hybridized carbons (Fsp3) is 0.600. The van der Waals surface area contributed by atoms with Gasteiger partial charge in [-0.15, -0.1) is 0 Å². The third kappa shape index (κ3) is 5.98. The van der Waals surface area contributed by atoms with Crippen molar-refractivity contribution in [3.63, 3.8) is 0 Å². The Morgan fingerprint density at radius 1 is 1.33 bits per heavy atom. The van der Waals surface area contributed by atoms with Gasteiger partial charge in [0.05, 0.1) is 0 Å². The summed E-state index contributed by atoms with van der Waals surface area (Å²) in [5.41, 5.74) is 1.25. The highest BCUT2D eigenvalue weighted by atomic mass is 14.9. The molecule has 0 aromatic carbocycles. The van der Waals surface area contributed by atoms with Crippen LogP contribution in [0.4, 0.5) is 0 Å². The molecule has 0 saturated heterocycles. The maximum absolute atomic E-state index is 3.66. The van der Waals surface area contributed by atoms with Gasteiger partial charge in [-0.3, -0.25) is 0 Å². The van der Waals surface area contributed by atoms with Crippen LogP contribution in [0.1, 0.15) is 20.3 Å². The predicted molar refractivity (Wildman–Crippen MR) is 55.1 cm³/mol. The standard InChI is InChI=1S/C10H20N2/c1-4-7-10(5-2)12-9-8-11-6-3/h4,7,11-12H,1,5-6,8-9H2,2-3H3/b10-7+. The average molecular weight is 168 g/mol. The van der Waals surface area contributed by atoms with E-state index in [0.29, 0.717) is 0 Å². The maximum Gasteiger partial charge on any atom is 0.0269 e. The predicted octanol–water partition coefficient (Wildman–Crippen LogP) is 1.67. The van der Waals surface area contributed by atoms with E-state index in [2.05, 4.69) is 31.1 Å². The third-order valence-electron chi connectivity index (χ3n) is 1.60. The number of hydrogen-bond acceptors (Lipinski definition) is 2. The summed E-state index contributed by atoms with van der Waals surface area (Å²) in [7, 11) is 0. The summed E-state index contributed by atoms with van der Waals surface area (Å²) in [4.78, 5) is 0. The summed E-state index contributed by atoms with van der Waals surface area (Å²) < 4.78 is 0. The van der Waals surface area contributed by atoms with Crippen molar-refractivity contribution < 1.29 is 0 Å². The second kappa shape index (κ2) is 8.34. The molecule has 2 nitrogen and oxygen atoms in total. The van der Waals surface area contributed by atoms with Gasteiger partial charge in [0.2, 0.25) is 0 Å². The van der Waals surface area contributed by atoms with E-state index in [1.54, 1.807) is 0 Å². The van der Waals surface area contributed by atoms with Gasteiger partial charge in [-0.2, -0.15) is 0 Å². The largest absolute Gasteiger partial charge is 0.387 e. The molecule has 12 heavy (non-hydrogen) atoms. The summed E-state index contributed by atoms with van der Waals surface area (Å²) in [6.07, 6.45) is 4.88. The Morgan fingerprint density at radius 2 is 2.08 bits per heavy atom. The van der Waals surface area contributed by atoms with E-state index in [-0.39, 0.29) is 0 Å². The van der Waals surface area contributed by atoms with Crippen molar-refractivity contribution >= 4 is 0 Å². The summed E-state index contributed by atoms with van der Waals surface area (Å²) in [5, 5.41) is 6.59. The Balaban J connectivity index is 3.45. The molecule has 2 heteroatoms. The first-order valence-corrected chi connectivity index (χ1v) is 4.61. The van der Waals surface area contributed by atoms with Gasteiger partial charge in [-0.25, -0.2) is 0 Å².